The van der Waals surface area contributed by atoms with E-state index in [4.69, 9.17) is 5.73 Å². The van der Waals surface area contributed by atoms with Crippen LogP contribution in [0.15, 0.2) is 91.0 Å². The van der Waals surface area contributed by atoms with Gasteiger partial charge in [-0.25, -0.2) is 0 Å². The van der Waals surface area contributed by atoms with Crippen LogP contribution in [-0.2, 0) is 29.8 Å². The summed E-state index contributed by atoms with van der Waals surface area (Å²) in [6.07, 6.45) is 1.05. The molecule has 5 rings (SSSR count). The molecule has 0 saturated heterocycles. The Morgan fingerprint density at radius 1 is 0.730 bits per heavy atom. The Bertz CT molecular complexity index is 1130. The molecule has 0 aliphatic heterocycles. The minimum atomic E-state index is 0. The third kappa shape index (κ3) is 10.5. The van der Waals surface area contributed by atoms with Crippen LogP contribution < -0.4 is 0 Å². The standard InChI is InChI=1S/C13H9.C12H18N.C7H7.2ClH.H2Si.Zr/c1-3-7-12-10(5-1)9-11-6-2-4-8-13(11)12;1-8(2)10-6-5-7-11(9(3)4)12(10)13;1-7-5-3-2-4-6-7;;;;/h1-5,7-8H,9H2;5-9,13H,1-4H3;2-6H,1H2;2*1H;1H2;/q3*-1;;;;. The molecule has 1 N–H and O–H groups in total. The minimum Gasteiger partial charge on any atom is -0.179 e. The molecule has 0 atom stereocenters. The van der Waals surface area contributed by atoms with Crippen LogP contribution in [0.25, 0.3) is 16.9 Å². The van der Waals surface area contributed by atoms with Crippen molar-refractivity contribution in [2.75, 3.05) is 0 Å². The number of hydrogen-bond donors (Lipinski definition) is 0. The predicted octanol–water partition coefficient (Wildman–Crippen LogP) is 9.47. The first-order valence-corrected chi connectivity index (χ1v) is 17.9. The van der Waals surface area contributed by atoms with Crippen molar-refractivity contribution in [1.82, 2.24) is 0 Å². The quantitative estimate of drug-likeness (QED) is 0.138. The molecular formula is C32H38Cl2NSiZr-3. The van der Waals surface area contributed by atoms with Crippen molar-refractivity contribution in [3.05, 3.63) is 138 Å². The monoisotopic (exact) mass is 624 g/mol. The molecule has 0 fully saturated rings. The van der Waals surface area contributed by atoms with E-state index in [0.717, 1.165) is 28.8 Å². The van der Waals surface area contributed by atoms with Crippen LogP contribution >= 0.6 is 24.8 Å². The van der Waals surface area contributed by atoms with Crippen molar-refractivity contribution in [2.24, 2.45) is 0 Å². The van der Waals surface area contributed by atoms with Crippen LogP contribution in [0.5, 0.6) is 0 Å². The van der Waals surface area contributed by atoms with Crippen LogP contribution in [0, 0.1) is 13.0 Å². The topological polar surface area (TPSA) is 23.8 Å². The van der Waals surface area contributed by atoms with Crippen molar-refractivity contribution in [3.8, 4) is 11.1 Å². The number of halogens is 2. The van der Waals surface area contributed by atoms with Crippen LogP contribution in [0.4, 0.5) is 5.69 Å². The summed E-state index contributed by atoms with van der Waals surface area (Å²) in [5.41, 5.74) is 17.6. The molecule has 1 aliphatic carbocycles. The third-order valence-corrected chi connectivity index (χ3v) is 5.83. The van der Waals surface area contributed by atoms with E-state index in [9.17, 15) is 0 Å². The number of benzene rings is 4. The molecule has 1 nitrogen and oxygen atoms in total. The smallest absolute Gasteiger partial charge is 0.0253 e. The first kappa shape index (κ1) is 35.2. The maximum atomic E-state index is 8.01. The fraction of sp³-hybridized carbons (Fsp3) is 0.219. The molecule has 0 saturated carbocycles. The zero-order valence-corrected chi connectivity index (χ0v) is 27.8. The molecule has 0 aromatic heterocycles. The summed E-state index contributed by atoms with van der Waals surface area (Å²) in [5.74, 6) is 0.900. The molecule has 5 heteroatoms. The van der Waals surface area contributed by atoms with Crippen LogP contribution in [0.1, 0.15) is 67.3 Å². The summed E-state index contributed by atoms with van der Waals surface area (Å²) in [5, 5.41) is 0. The van der Waals surface area contributed by atoms with E-state index in [0.29, 0.717) is 11.8 Å². The second kappa shape index (κ2) is 18.5. The van der Waals surface area contributed by atoms with Gasteiger partial charge in [0, 0.05) is 0 Å². The summed E-state index contributed by atoms with van der Waals surface area (Å²) in [6, 6.07) is 34.1. The SMILES string of the molecule is CC(C)c1cccc(C(C)C)c1[NH-].Cl.Cl.[CH2-]c1ccccc1.[SiH2]=[Zr].[c-]1cccc2c1Cc1ccccc1-2. The predicted molar refractivity (Wildman–Crippen MR) is 166 cm³/mol. The zero-order chi connectivity index (χ0) is 25.8. The van der Waals surface area contributed by atoms with Gasteiger partial charge in [0.1, 0.15) is 0 Å². The summed E-state index contributed by atoms with van der Waals surface area (Å²) in [7, 11) is 0. The molecule has 0 spiro atoms. The average Bonchev–Trinajstić information content (AvgIpc) is 3.25. The number of hydrogen-bond acceptors (Lipinski definition) is 0. The molecule has 4 aromatic carbocycles. The first-order chi connectivity index (χ1) is 16.9. The Labute approximate surface area is 253 Å². The van der Waals surface area contributed by atoms with E-state index in [1.54, 1.807) is 23.3 Å². The third-order valence-electron chi connectivity index (χ3n) is 5.83. The maximum Gasteiger partial charge on any atom is -0.0253 e. The molecule has 196 valence electrons. The second-order valence-electron chi connectivity index (χ2n) is 9.00. The van der Waals surface area contributed by atoms with Gasteiger partial charge >= 0.3 is 30.2 Å². The summed E-state index contributed by atoms with van der Waals surface area (Å²) < 4.78 is 0. The molecule has 0 heterocycles. The first-order valence-electron chi connectivity index (χ1n) is 12.0. The average molecular weight is 627 g/mol. The van der Waals surface area contributed by atoms with Gasteiger partial charge in [-0.2, -0.15) is 54.4 Å². The largest absolute Gasteiger partial charge is 0.179 e. The van der Waals surface area contributed by atoms with E-state index < -0.39 is 0 Å². The molecule has 0 radical (unpaired) electrons. The molecule has 1 aliphatic rings. The minimum absolute atomic E-state index is 0. The summed E-state index contributed by atoms with van der Waals surface area (Å²) in [6.45, 7) is 14.2. The van der Waals surface area contributed by atoms with E-state index in [2.05, 4.69) is 95.3 Å². The number of nitrogens with one attached hydrogen (secondary N) is 1. The van der Waals surface area contributed by atoms with Gasteiger partial charge in [-0.15, -0.1) is 48.2 Å². The normalized spacial score (nSPS) is 9.97. The fourth-order valence-electron chi connectivity index (χ4n) is 4.03. The Hall–Kier alpha value is -1.77. The van der Waals surface area contributed by atoms with Crippen molar-refractivity contribution in [3.63, 3.8) is 0 Å². The van der Waals surface area contributed by atoms with Crippen molar-refractivity contribution in [2.45, 2.75) is 46.0 Å². The van der Waals surface area contributed by atoms with Gasteiger partial charge in [-0.1, -0.05) is 98.5 Å². The summed E-state index contributed by atoms with van der Waals surface area (Å²) >= 11 is 1.58. The summed E-state index contributed by atoms with van der Waals surface area (Å²) in [4.78, 5) is 0. The second-order valence-corrected chi connectivity index (χ2v) is 9.00. The molecule has 0 bridgehead atoms. The Balaban J connectivity index is 0.000000514. The van der Waals surface area contributed by atoms with Gasteiger partial charge in [0.05, 0.1) is 0 Å². The van der Waals surface area contributed by atoms with Gasteiger partial charge in [0.2, 0.25) is 0 Å². The van der Waals surface area contributed by atoms with E-state index in [-0.39, 0.29) is 24.8 Å². The van der Waals surface area contributed by atoms with Crippen molar-refractivity contribution in [1.29, 1.82) is 0 Å². The molecule has 4 aromatic rings. The molecule has 0 unspecified atom stereocenters. The zero-order valence-electron chi connectivity index (χ0n) is 22.3. The van der Waals surface area contributed by atoms with Gasteiger partial charge in [0.15, 0.2) is 0 Å². The van der Waals surface area contributed by atoms with Gasteiger partial charge in [-0.05, 0) is 18.3 Å². The van der Waals surface area contributed by atoms with E-state index in [1.807, 2.05) is 43.3 Å². The fourth-order valence-corrected chi connectivity index (χ4v) is 4.03. The molecular weight excluding hydrogens is 589 g/mol. The number of fused-ring (bicyclic) bond motifs is 3. The van der Waals surface area contributed by atoms with Gasteiger partial charge in [0.25, 0.3) is 0 Å². The van der Waals surface area contributed by atoms with E-state index >= 15 is 0 Å². The number of rotatable bonds is 2. The van der Waals surface area contributed by atoms with Crippen LogP contribution in [0.2, 0.25) is 0 Å². The van der Waals surface area contributed by atoms with Crippen molar-refractivity contribution >= 4 is 37.4 Å². The Morgan fingerprint density at radius 3 is 1.76 bits per heavy atom. The molecule has 37 heavy (non-hydrogen) atoms. The van der Waals surface area contributed by atoms with E-state index in [1.165, 1.54) is 22.3 Å². The van der Waals surface area contributed by atoms with Gasteiger partial charge in [-0.3, -0.25) is 0 Å². The molecule has 0 amide bonds. The Morgan fingerprint density at radius 2 is 1.24 bits per heavy atom. The van der Waals surface area contributed by atoms with Crippen molar-refractivity contribution < 1.29 is 23.3 Å². The maximum absolute atomic E-state index is 8.01. The van der Waals surface area contributed by atoms with Gasteiger partial charge < -0.3 is 5.73 Å². The van der Waals surface area contributed by atoms with Crippen LogP contribution in [-0.4, -0.2) is 6.88 Å². The Kier molecular flexibility index (Phi) is 17.6. The van der Waals surface area contributed by atoms with Crippen LogP contribution in [0.3, 0.4) is 0 Å².